The predicted molar refractivity (Wildman–Crippen MR) is 198 cm³/mol. The average Bonchev–Trinajstić information content (AvgIpc) is 3.20. The van der Waals surface area contributed by atoms with Crippen LogP contribution in [0.1, 0.15) is 49.7 Å². The molecule has 1 aliphatic carbocycles. The summed E-state index contributed by atoms with van der Waals surface area (Å²) in [4.78, 5) is 31.3. The molecule has 52 heavy (non-hydrogen) atoms. The smallest absolute Gasteiger partial charge is 0.330 e. The Morgan fingerprint density at radius 2 is 1.02 bits per heavy atom. The fraction of sp³-hybridized carbons (Fsp3) is 0.333. The lowest BCUT2D eigenvalue weighted by Crippen LogP contribution is -2.34. The summed E-state index contributed by atoms with van der Waals surface area (Å²) in [6.07, 6.45) is 11.2. The van der Waals surface area contributed by atoms with Gasteiger partial charge in [-0.15, -0.1) is 0 Å². The molecule has 0 radical (unpaired) electrons. The first-order valence-corrected chi connectivity index (χ1v) is 17.7. The third kappa shape index (κ3) is 12.2. The molecule has 0 spiro atoms. The molecule has 1 fully saturated rings. The van der Waals surface area contributed by atoms with Crippen LogP contribution in [0.25, 0.3) is 22.5 Å². The van der Waals surface area contributed by atoms with Gasteiger partial charge in [0.05, 0.1) is 75.6 Å². The maximum absolute atomic E-state index is 11.1. The number of pyridine rings is 2. The van der Waals surface area contributed by atoms with E-state index in [2.05, 4.69) is 71.7 Å². The Bertz CT molecular complexity index is 1580. The van der Waals surface area contributed by atoms with Crippen molar-refractivity contribution in [2.24, 2.45) is 0 Å². The summed E-state index contributed by atoms with van der Waals surface area (Å²) < 4.78 is 34.1. The number of ether oxygens (including phenoxy) is 6. The second-order valence-corrected chi connectivity index (χ2v) is 12.3. The van der Waals surface area contributed by atoms with Crippen LogP contribution in [0.5, 0.6) is 11.5 Å². The Morgan fingerprint density at radius 3 is 1.38 bits per heavy atom. The monoisotopic (exact) mass is 706 g/mol. The molecule has 4 aromatic rings. The molecule has 2 aromatic carbocycles. The van der Waals surface area contributed by atoms with Crippen molar-refractivity contribution in [3.05, 3.63) is 122 Å². The van der Waals surface area contributed by atoms with Crippen LogP contribution >= 0.6 is 0 Å². The molecule has 0 saturated heterocycles. The zero-order chi connectivity index (χ0) is 36.4. The standard InChI is InChI=1S/C42H46N2O8/c1-3-41(45)49-25-7-23-47-35-19-21-37(43-27-35)33-15-11-31(12-16-33)29-51-39-9-5-6-10-40(39)52-30-32-13-17-34(18-14-32)38-22-20-36(28-44-38)48-24-8-26-50-42(46)4-2/h3-4,11-22,27-28,39-40H,1-2,5-10,23-26,29-30H2/t39-,40-/m1/s1. The number of hydrogen-bond acceptors (Lipinski definition) is 10. The zero-order valence-electron chi connectivity index (χ0n) is 29.5. The molecule has 5 rings (SSSR count). The van der Waals surface area contributed by atoms with Crippen molar-refractivity contribution in [3.63, 3.8) is 0 Å². The quantitative estimate of drug-likeness (QED) is 0.0511. The van der Waals surface area contributed by atoms with E-state index in [1.165, 1.54) is 0 Å². The molecule has 0 aliphatic heterocycles. The molecule has 1 aliphatic rings. The summed E-state index contributed by atoms with van der Waals surface area (Å²) in [7, 11) is 0. The molecule has 10 nitrogen and oxygen atoms in total. The van der Waals surface area contributed by atoms with Crippen LogP contribution in [-0.2, 0) is 41.8 Å². The minimum absolute atomic E-state index is 0.0445. The van der Waals surface area contributed by atoms with Gasteiger partial charge in [-0.1, -0.05) is 74.5 Å². The highest BCUT2D eigenvalue weighted by molar-refractivity contribution is 5.81. The Labute approximate surface area is 305 Å². The molecule has 0 bridgehead atoms. The van der Waals surface area contributed by atoms with Crippen LogP contribution in [-0.4, -0.2) is 60.5 Å². The molecule has 0 unspecified atom stereocenters. The fourth-order valence-electron chi connectivity index (χ4n) is 5.63. The van der Waals surface area contributed by atoms with Gasteiger partial charge in [0.1, 0.15) is 11.5 Å². The Hall–Kier alpha value is -5.32. The van der Waals surface area contributed by atoms with Gasteiger partial charge >= 0.3 is 11.9 Å². The number of carbonyl (C=O) groups is 2. The van der Waals surface area contributed by atoms with Crippen molar-refractivity contribution < 1.29 is 38.0 Å². The van der Waals surface area contributed by atoms with Gasteiger partial charge in [0.25, 0.3) is 0 Å². The molecule has 2 heterocycles. The number of benzene rings is 2. The van der Waals surface area contributed by atoms with Crippen molar-refractivity contribution in [1.29, 1.82) is 0 Å². The molecular weight excluding hydrogens is 660 g/mol. The molecular formula is C42H46N2O8. The summed E-state index contributed by atoms with van der Waals surface area (Å²) in [5.74, 6) is 0.459. The Morgan fingerprint density at radius 1 is 0.596 bits per heavy atom. The number of esters is 2. The number of nitrogens with zero attached hydrogens (tertiary/aromatic N) is 2. The molecule has 10 heteroatoms. The zero-order valence-corrected chi connectivity index (χ0v) is 29.5. The summed E-state index contributed by atoms with van der Waals surface area (Å²) in [6, 6.07) is 24.2. The van der Waals surface area contributed by atoms with Gasteiger partial charge in [-0.05, 0) is 48.2 Å². The second kappa shape index (κ2) is 20.5. The third-order valence-electron chi connectivity index (χ3n) is 8.48. The molecule has 0 amide bonds. The molecule has 2 aromatic heterocycles. The topological polar surface area (TPSA) is 115 Å². The predicted octanol–water partition coefficient (Wildman–Crippen LogP) is 7.85. The molecule has 1 saturated carbocycles. The third-order valence-corrected chi connectivity index (χ3v) is 8.48. The van der Waals surface area contributed by atoms with E-state index in [-0.39, 0.29) is 25.4 Å². The van der Waals surface area contributed by atoms with Crippen LogP contribution in [0, 0.1) is 0 Å². The van der Waals surface area contributed by atoms with Gasteiger partial charge < -0.3 is 28.4 Å². The summed E-state index contributed by atoms with van der Waals surface area (Å²) in [5.41, 5.74) is 5.92. The molecule has 0 N–H and O–H groups in total. The number of carbonyl (C=O) groups excluding carboxylic acids is 2. The van der Waals surface area contributed by atoms with Crippen molar-refractivity contribution in [1.82, 2.24) is 9.97 Å². The van der Waals surface area contributed by atoms with E-state index >= 15 is 0 Å². The van der Waals surface area contributed by atoms with Gasteiger partial charge in [0, 0.05) is 36.1 Å². The van der Waals surface area contributed by atoms with Crippen molar-refractivity contribution >= 4 is 11.9 Å². The molecule has 2 atom stereocenters. The van der Waals surface area contributed by atoms with E-state index in [4.69, 9.17) is 28.4 Å². The lowest BCUT2D eigenvalue weighted by atomic mass is 9.94. The lowest BCUT2D eigenvalue weighted by Gasteiger charge is -2.31. The van der Waals surface area contributed by atoms with E-state index in [9.17, 15) is 9.59 Å². The minimum Gasteiger partial charge on any atom is -0.492 e. The minimum atomic E-state index is -0.433. The second-order valence-electron chi connectivity index (χ2n) is 12.3. The van der Waals surface area contributed by atoms with E-state index in [1.54, 1.807) is 12.4 Å². The van der Waals surface area contributed by atoms with Gasteiger partial charge in [-0.25, -0.2) is 9.59 Å². The highest BCUT2D eigenvalue weighted by atomic mass is 16.5. The van der Waals surface area contributed by atoms with Crippen molar-refractivity contribution in [2.75, 3.05) is 26.4 Å². The van der Waals surface area contributed by atoms with Crippen LogP contribution in [0.2, 0.25) is 0 Å². The van der Waals surface area contributed by atoms with Crippen LogP contribution in [0.4, 0.5) is 0 Å². The number of hydrogen-bond donors (Lipinski definition) is 0. The van der Waals surface area contributed by atoms with E-state index in [1.807, 2.05) is 24.3 Å². The maximum Gasteiger partial charge on any atom is 0.330 e. The normalized spacial score (nSPS) is 15.3. The fourth-order valence-corrected chi connectivity index (χ4v) is 5.63. The number of aromatic nitrogens is 2. The van der Waals surface area contributed by atoms with E-state index in [0.29, 0.717) is 50.8 Å². The highest BCUT2D eigenvalue weighted by Crippen LogP contribution is 2.27. The van der Waals surface area contributed by atoms with Crippen LogP contribution < -0.4 is 9.47 Å². The van der Waals surface area contributed by atoms with Crippen LogP contribution in [0.15, 0.2) is 111 Å². The summed E-state index contributed by atoms with van der Waals surface area (Å²) >= 11 is 0. The van der Waals surface area contributed by atoms with Gasteiger partial charge in [-0.3, -0.25) is 9.97 Å². The maximum atomic E-state index is 11.1. The lowest BCUT2D eigenvalue weighted by molar-refractivity contribution is -0.138. The van der Waals surface area contributed by atoms with E-state index < -0.39 is 11.9 Å². The average molecular weight is 707 g/mol. The number of rotatable bonds is 20. The van der Waals surface area contributed by atoms with Crippen molar-refractivity contribution in [2.45, 2.75) is 63.9 Å². The van der Waals surface area contributed by atoms with Crippen molar-refractivity contribution in [3.8, 4) is 34.0 Å². The first kappa shape index (κ1) is 37.9. The largest absolute Gasteiger partial charge is 0.492 e. The highest BCUT2D eigenvalue weighted by Gasteiger charge is 2.26. The van der Waals surface area contributed by atoms with Crippen LogP contribution in [0.3, 0.4) is 0 Å². The summed E-state index contributed by atoms with van der Waals surface area (Å²) in [6.45, 7) is 9.20. The first-order chi connectivity index (χ1) is 25.5. The first-order valence-electron chi connectivity index (χ1n) is 17.7. The summed E-state index contributed by atoms with van der Waals surface area (Å²) in [5, 5.41) is 0. The molecule has 272 valence electrons. The Kier molecular flexibility index (Phi) is 15.0. The van der Waals surface area contributed by atoms with Gasteiger partial charge in [0.2, 0.25) is 0 Å². The van der Waals surface area contributed by atoms with Gasteiger partial charge in [0.15, 0.2) is 0 Å². The Balaban J connectivity index is 1.03. The van der Waals surface area contributed by atoms with Gasteiger partial charge in [-0.2, -0.15) is 0 Å². The van der Waals surface area contributed by atoms with E-state index in [0.717, 1.165) is 71.5 Å². The SMILES string of the molecule is C=CC(=O)OCCCOc1ccc(-c2ccc(CO[C@@H]3CCCC[C@H]3OCc3ccc(-c4ccc(OCCCOC(=O)C=C)cn4)cc3)cc2)nc1.